The van der Waals surface area contributed by atoms with E-state index in [1.807, 2.05) is 0 Å². The second-order valence-electron chi connectivity index (χ2n) is 3.48. The molecular formula is C10H12N2S. The minimum Gasteiger partial charge on any atom is -0.382 e. The number of rotatable bonds is 1. The van der Waals surface area contributed by atoms with Crippen molar-refractivity contribution in [3.63, 3.8) is 0 Å². The van der Waals surface area contributed by atoms with Crippen LogP contribution in [0.2, 0.25) is 0 Å². The Morgan fingerprint density at radius 1 is 1.38 bits per heavy atom. The number of nitrogens with two attached hydrogens (primary N) is 1. The number of aromatic nitrogens is 1. The summed E-state index contributed by atoms with van der Waals surface area (Å²) in [6, 6.07) is 6.38. The van der Waals surface area contributed by atoms with Gasteiger partial charge in [-0.15, -0.1) is 0 Å². The first-order chi connectivity index (χ1) is 6.18. The highest BCUT2D eigenvalue weighted by Crippen LogP contribution is 2.27. The minimum absolute atomic E-state index is 0.545. The van der Waals surface area contributed by atoms with Gasteiger partial charge in [-0.2, -0.15) is 4.37 Å². The number of hydrogen-bond acceptors (Lipinski definition) is 3. The van der Waals surface area contributed by atoms with Crippen molar-refractivity contribution in [2.24, 2.45) is 0 Å². The molecule has 0 fully saturated rings. The molecule has 2 aromatic rings. The third kappa shape index (κ3) is 1.40. The maximum atomic E-state index is 5.74. The highest BCUT2D eigenvalue weighted by molar-refractivity contribution is 7.13. The molecule has 0 bridgehead atoms. The Balaban J connectivity index is 2.66. The average molecular weight is 192 g/mol. The van der Waals surface area contributed by atoms with Crippen LogP contribution >= 0.6 is 11.5 Å². The first-order valence-electron chi connectivity index (χ1n) is 4.33. The molecule has 68 valence electrons. The lowest BCUT2D eigenvalue weighted by molar-refractivity contribution is 0.869. The van der Waals surface area contributed by atoms with E-state index in [2.05, 4.69) is 36.4 Å². The molecule has 0 saturated heterocycles. The molecule has 0 saturated carbocycles. The van der Waals surface area contributed by atoms with Gasteiger partial charge in [0.15, 0.2) is 0 Å². The van der Waals surface area contributed by atoms with Crippen LogP contribution in [0.4, 0.5) is 5.82 Å². The van der Waals surface area contributed by atoms with Gasteiger partial charge in [0.25, 0.3) is 0 Å². The van der Waals surface area contributed by atoms with Crippen molar-refractivity contribution in [1.82, 2.24) is 4.37 Å². The van der Waals surface area contributed by atoms with Gasteiger partial charge >= 0.3 is 0 Å². The Labute approximate surface area is 81.5 Å². The van der Waals surface area contributed by atoms with Crippen LogP contribution in [-0.2, 0) is 0 Å². The molecule has 3 heteroatoms. The van der Waals surface area contributed by atoms with Crippen LogP contribution in [-0.4, -0.2) is 4.37 Å². The maximum Gasteiger partial charge on any atom is 0.144 e. The Kier molecular flexibility index (Phi) is 1.96. The highest BCUT2D eigenvalue weighted by Gasteiger charge is 2.05. The smallest absolute Gasteiger partial charge is 0.144 e. The van der Waals surface area contributed by atoms with Crippen LogP contribution in [0.1, 0.15) is 25.3 Å². The summed E-state index contributed by atoms with van der Waals surface area (Å²) < 4.78 is 5.28. The summed E-state index contributed by atoms with van der Waals surface area (Å²) in [5, 5.41) is 1.09. The van der Waals surface area contributed by atoms with Crippen LogP contribution in [0, 0.1) is 0 Å². The first kappa shape index (κ1) is 8.51. The Hall–Kier alpha value is -1.09. The van der Waals surface area contributed by atoms with Crippen molar-refractivity contribution in [3.8, 4) is 0 Å². The van der Waals surface area contributed by atoms with Gasteiger partial charge in [-0.1, -0.05) is 19.9 Å². The molecule has 1 heterocycles. The number of anilines is 1. The Morgan fingerprint density at radius 3 is 2.85 bits per heavy atom. The van der Waals surface area contributed by atoms with Crippen LogP contribution in [0.3, 0.4) is 0 Å². The SMILES string of the molecule is CC(C)c1ccc2snc(N)c2c1. The average Bonchev–Trinajstić information content (AvgIpc) is 2.47. The van der Waals surface area contributed by atoms with E-state index in [0.717, 1.165) is 5.39 Å². The van der Waals surface area contributed by atoms with E-state index in [1.54, 1.807) is 0 Å². The van der Waals surface area contributed by atoms with Gasteiger partial charge in [-0.05, 0) is 35.1 Å². The number of fused-ring (bicyclic) bond motifs is 1. The summed E-state index contributed by atoms with van der Waals surface area (Å²) in [5.41, 5.74) is 7.06. The number of nitrogen functional groups attached to an aromatic ring is 1. The summed E-state index contributed by atoms with van der Waals surface area (Å²) in [6.07, 6.45) is 0. The number of nitrogens with zero attached hydrogens (tertiary/aromatic N) is 1. The predicted molar refractivity (Wildman–Crippen MR) is 58.1 cm³/mol. The largest absolute Gasteiger partial charge is 0.382 e. The fourth-order valence-electron chi connectivity index (χ4n) is 1.33. The van der Waals surface area contributed by atoms with Gasteiger partial charge in [0, 0.05) is 5.39 Å². The summed E-state index contributed by atoms with van der Waals surface area (Å²) in [4.78, 5) is 0. The normalized spacial score (nSPS) is 11.3. The second kappa shape index (κ2) is 3.00. The van der Waals surface area contributed by atoms with E-state index in [0.29, 0.717) is 11.7 Å². The summed E-state index contributed by atoms with van der Waals surface area (Å²) >= 11 is 1.46. The van der Waals surface area contributed by atoms with Crippen molar-refractivity contribution in [2.45, 2.75) is 19.8 Å². The molecule has 0 atom stereocenters. The van der Waals surface area contributed by atoms with Gasteiger partial charge in [0.2, 0.25) is 0 Å². The molecular weight excluding hydrogens is 180 g/mol. The molecule has 0 aliphatic heterocycles. The van der Waals surface area contributed by atoms with Gasteiger partial charge < -0.3 is 5.73 Å². The summed E-state index contributed by atoms with van der Waals surface area (Å²) in [7, 11) is 0. The summed E-state index contributed by atoms with van der Waals surface area (Å²) in [6.45, 7) is 4.36. The van der Waals surface area contributed by atoms with Crippen LogP contribution < -0.4 is 5.73 Å². The molecule has 0 radical (unpaired) electrons. The van der Waals surface area contributed by atoms with Crippen molar-refractivity contribution >= 4 is 27.4 Å². The molecule has 0 spiro atoms. The topological polar surface area (TPSA) is 38.9 Å². The zero-order valence-corrected chi connectivity index (χ0v) is 8.56. The van der Waals surface area contributed by atoms with Gasteiger partial charge in [0.05, 0.1) is 4.70 Å². The van der Waals surface area contributed by atoms with E-state index >= 15 is 0 Å². The van der Waals surface area contributed by atoms with E-state index < -0.39 is 0 Å². The van der Waals surface area contributed by atoms with Crippen LogP contribution in [0.25, 0.3) is 10.1 Å². The van der Waals surface area contributed by atoms with Crippen molar-refractivity contribution in [1.29, 1.82) is 0 Å². The van der Waals surface area contributed by atoms with Crippen molar-refractivity contribution in [2.75, 3.05) is 5.73 Å². The number of benzene rings is 1. The first-order valence-corrected chi connectivity index (χ1v) is 5.10. The van der Waals surface area contributed by atoms with Gasteiger partial charge in [-0.25, -0.2) is 0 Å². The molecule has 0 amide bonds. The van der Waals surface area contributed by atoms with E-state index in [1.165, 1.54) is 21.8 Å². The Morgan fingerprint density at radius 2 is 2.15 bits per heavy atom. The Bertz CT molecular complexity index is 431. The lowest BCUT2D eigenvalue weighted by Crippen LogP contribution is -1.88. The molecule has 2 N–H and O–H groups in total. The quantitative estimate of drug-likeness (QED) is 0.754. The van der Waals surface area contributed by atoms with Crippen molar-refractivity contribution < 1.29 is 0 Å². The zero-order valence-electron chi connectivity index (χ0n) is 7.74. The molecule has 0 aliphatic carbocycles. The third-order valence-electron chi connectivity index (χ3n) is 2.19. The van der Waals surface area contributed by atoms with E-state index in [4.69, 9.17) is 5.73 Å². The monoisotopic (exact) mass is 192 g/mol. The van der Waals surface area contributed by atoms with E-state index in [-0.39, 0.29) is 0 Å². The standard InChI is InChI=1S/C10H12N2S/c1-6(2)7-3-4-9-8(5-7)10(11)12-13-9/h3-6H,1-2H3,(H2,11,12). The lowest BCUT2D eigenvalue weighted by atomic mass is 10.0. The summed E-state index contributed by atoms with van der Waals surface area (Å²) in [5.74, 6) is 1.20. The van der Waals surface area contributed by atoms with E-state index in [9.17, 15) is 0 Å². The van der Waals surface area contributed by atoms with Crippen LogP contribution in [0.5, 0.6) is 0 Å². The predicted octanol–water partition coefficient (Wildman–Crippen LogP) is 3.00. The zero-order chi connectivity index (χ0) is 9.42. The molecule has 2 rings (SSSR count). The molecule has 1 aromatic carbocycles. The highest BCUT2D eigenvalue weighted by atomic mass is 32.1. The maximum absolute atomic E-state index is 5.74. The van der Waals surface area contributed by atoms with Gasteiger partial charge in [-0.3, -0.25) is 0 Å². The molecule has 13 heavy (non-hydrogen) atoms. The van der Waals surface area contributed by atoms with Gasteiger partial charge in [0.1, 0.15) is 5.82 Å². The number of hydrogen-bond donors (Lipinski definition) is 1. The molecule has 2 nitrogen and oxygen atoms in total. The molecule has 0 unspecified atom stereocenters. The fourth-order valence-corrected chi connectivity index (χ4v) is 2.02. The van der Waals surface area contributed by atoms with Crippen molar-refractivity contribution in [3.05, 3.63) is 23.8 Å². The van der Waals surface area contributed by atoms with Crippen LogP contribution in [0.15, 0.2) is 18.2 Å². The molecule has 1 aromatic heterocycles. The lowest BCUT2D eigenvalue weighted by Gasteiger charge is -2.04. The third-order valence-corrected chi connectivity index (χ3v) is 3.03. The molecule has 0 aliphatic rings. The second-order valence-corrected chi connectivity index (χ2v) is 4.28. The minimum atomic E-state index is 0.545. The fraction of sp³-hybridized carbons (Fsp3) is 0.300.